The Bertz CT molecular complexity index is 1140. The molecule has 29 heavy (non-hydrogen) atoms. The van der Waals surface area contributed by atoms with Gasteiger partial charge in [0.25, 0.3) is 11.5 Å². The molecule has 148 valence electrons. The zero-order valence-corrected chi connectivity index (χ0v) is 16.3. The summed E-state index contributed by atoms with van der Waals surface area (Å²) in [5, 5.41) is 2.71. The predicted molar refractivity (Wildman–Crippen MR) is 110 cm³/mol. The third-order valence-electron chi connectivity index (χ3n) is 4.60. The van der Waals surface area contributed by atoms with Crippen LogP contribution >= 0.6 is 0 Å². The summed E-state index contributed by atoms with van der Waals surface area (Å²) < 4.78 is 14.5. The van der Waals surface area contributed by atoms with Gasteiger partial charge in [0, 0.05) is 37.2 Å². The lowest BCUT2D eigenvalue weighted by atomic mass is 10.1. The van der Waals surface area contributed by atoms with Crippen LogP contribution in [0.5, 0.6) is 0 Å². The number of pyridine rings is 1. The number of nitrogens with one attached hydrogen (secondary N) is 1. The molecule has 0 atom stereocenters. The van der Waals surface area contributed by atoms with Gasteiger partial charge in [-0.25, -0.2) is 4.39 Å². The van der Waals surface area contributed by atoms with Crippen molar-refractivity contribution in [3.63, 3.8) is 0 Å². The van der Waals surface area contributed by atoms with Crippen molar-refractivity contribution in [2.45, 2.75) is 13.8 Å². The number of hydrogen-bond donors (Lipinski definition) is 1. The molecule has 2 aromatic carbocycles. The van der Waals surface area contributed by atoms with Crippen LogP contribution < -0.4 is 15.8 Å². The number of halogens is 1. The zero-order chi connectivity index (χ0) is 21.1. The van der Waals surface area contributed by atoms with Crippen LogP contribution in [-0.4, -0.2) is 23.4 Å². The Hall–Kier alpha value is -3.74. The number of aromatic nitrogens is 1. The van der Waals surface area contributed by atoms with E-state index in [2.05, 4.69) is 5.32 Å². The third-order valence-corrected chi connectivity index (χ3v) is 4.60. The van der Waals surface area contributed by atoms with Crippen molar-refractivity contribution in [1.82, 2.24) is 4.57 Å². The van der Waals surface area contributed by atoms with Crippen LogP contribution in [0.3, 0.4) is 0 Å². The van der Waals surface area contributed by atoms with E-state index in [1.165, 1.54) is 40.7 Å². The molecule has 1 N–H and O–H groups in total. The summed E-state index contributed by atoms with van der Waals surface area (Å²) in [7, 11) is 1.63. The molecule has 0 bridgehead atoms. The largest absolute Gasteiger partial charge is 0.322 e. The van der Waals surface area contributed by atoms with E-state index in [1.54, 1.807) is 50.5 Å². The summed E-state index contributed by atoms with van der Waals surface area (Å²) in [6, 6.07) is 13.9. The second-order valence-corrected chi connectivity index (χ2v) is 6.61. The Morgan fingerprint density at radius 2 is 1.76 bits per heavy atom. The molecule has 0 aliphatic heterocycles. The van der Waals surface area contributed by atoms with Crippen LogP contribution in [0.1, 0.15) is 22.8 Å². The van der Waals surface area contributed by atoms with Crippen molar-refractivity contribution in [3.05, 3.63) is 88.1 Å². The highest BCUT2D eigenvalue weighted by atomic mass is 19.1. The SMILES string of the molecule is CC(=O)N(C)c1cccc(NC(=O)c2c(C)ccn(-c3ccc(F)cc3)c2=O)c1. The fourth-order valence-electron chi connectivity index (χ4n) is 2.88. The van der Waals surface area contributed by atoms with Crippen LogP contribution in [-0.2, 0) is 4.79 Å². The average Bonchev–Trinajstić information content (AvgIpc) is 2.68. The Morgan fingerprint density at radius 3 is 2.41 bits per heavy atom. The van der Waals surface area contributed by atoms with E-state index < -0.39 is 17.3 Å². The van der Waals surface area contributed by atoms with Crippen molar-refractivity contribution in [2.75, 3.05) is 17.3 Å². The first-order chi connectivity index (χ1) is 13.8. The van der Waals surface area contributed by atoms with Crippen LogP contribution in [0.25, 0.3) is 5.69 Å². The molecule has 1 aromatic heterocycles. The minimum atomic E-state index is -0.563. The number of carbonyl (C=O) groups excluding carboxylic acids is 2. The lowest BCUT2D eigenvalue weighted by Crippen LogP contribution is -2.29. The van der Waals surface area contributed by atoms with E-state index in [-0.39, 0.29) is 11.5 Å². The second kappa shape index (κ2) is 8.10. The summed E-state index contributed by atoms with van der Waals surface area (Å²) in [5.41, 5.74) is 1.52. The van der Waals surface area contributed by atoms with Gasteiger partial charge in [-0.15, -0.1) is 0 Å². The summed E-state index contributed by atoms with van der Waals surface area (Å²) >= 11 is 0. The van der Waals surface area contributed by atoms with Gasteiger partial charge in [0.05, 0.1) is 0 Å². The fraction of sp³-hybridized carbons (Fsp3) is 0.136. The first-order valence-electron chi connectivity index (χ1n) is 8.92. The van der Waals surface area contributed by atoms with E-state index in [1.807, 2.05) is 0 Å². The van der Waals surface area contributed by atoms with Gasteiger partial charge in [0.2, 0.25) is 5.91 Å². The quantitative estimate of drug-likeness (QED) is 0.737. The van der Waals surface area contributed by atoms with Crippen LogP contribution in [0.4, 0.5) is 15.8 Å². The van der Waals surface area contributed by atoms with Gasteiger partial charge >= 0.3 is 0 Å². The number of hydrogen-bond acceptors (Lipinski definition) is 3. The maximum Gasteiger partial charge on any atom is 0.268 e. The Kier molecular flexibility index (Phi) is 5.59. The fourth-order valence-corrected chi connectivity index (χ4v) is 2.88. The lowest BCUT2D eigenvalue weighted by Gasteiger charge is -2.16. The van der Waals surface area contributed by atoms with E-state index in [0.29, 0.717) is 22.6 Å². The maximum atomic E-state index is 13.2. The highest BCUT2D eigenvalue weighted by Crippen LogP contribution is 2.19. The van der Waals surface area contributed by atoms with Gasteiger partial charge in [-0.1, -0.05) is 6.07 Å². The molecular weight excluding hydrogens is 373 g/mol. The normalized spacial score (nSPS) is 10.5. The molecule has 0 aliphatic rings. The van der Waals surface area contributed by atoms with Crippen LogP contribution in [0, 0.1) is 12.7 Å². The molecule has 0 spiro atoms. The molecule has 6 nitrogen and oxygen atoms in total. The molecule has 3 rings (SSSR count). The topological polar surface area (TPSA) is 71.4 Å². The number of benzene rings is 2. The molecule has 2 amide bonds. The highest BCUT2D eigenvalue weighted by Gasteiger charge is 2.17. The first kappa shape index (κ1) is 20.0. The maximum absolute atomic E-state index is 13.2. The zero-order valence-electron chi connectivity index (χ0n) is 16.3. The van der Waals surface area contributed by atoms with E-state index >= 15 is 0 Å². The Morgan fingerprint density at radius 1 is 1.07 bits per heavy atom. The van der Waals surface area contributed by atoms with Crippen molar-refractivity contribution in [2.24, 2.45) is 0 Å². The molecule has 7 heteroatoms. The Labute approximate surface area is 167 Å². The third kappa shape index (κ3) is 4.24. The van der Waals surface area contributed by atoms with Crippen molar-refractivity contribution in [1.29, 1.82) is 0 Å². The summed E-state index contributed by atoms with van der Waals surface area (Å²) in [6.45, 7) is 3.11. The second-order valence-electron chi connectivity index (χ2n) is 6.61. The average molecular weight is 393 g/mol. The minimum absolute atomic E-state index is 0.0119. The van der Waals surface area contributed by atoms with Crippen molar-refractivity contribution < 1.29 is 14.0 Å². The number of rotatable bonds is 4. The monoisotopic (exact) mass is 393 g/mol. The van der Waals surface area contributed by atoms with Gasteiger partial charge in [-0.2, -0.15) is 0 Å². The number of anilines is 2. The van der Waals surface area contributed by atoms with Crippen LogP contribution in [0.15, 0.2) is 65.6 Å². The van der Waals surface area contributed by atoms with Gasteiger partial charge in [0.15, 0.2) is 0 Å². The van der Waals surface area contributed by atoms with Gasteiger partial charge in [0.1, 0.15) is 11.4 Å². The predicted octanol–water partition coefficient (Wildman–Crippen LogP) is 3.52. The first-order valence-corrected chi connectivity index (χ1v) is 8.92. The van der Waals surface area contributed by atoms with Crippen molar-refractivity contribution in [3.8, 4) is 5.69 Å². The Balaban J connectivity index is 1.95. The molecule has 0 aliphatic carbocycles. The van der Waals surface area contributed by atoms with E-state index in [4.69, 9.17) is 0 Å². The van der Waals surface area contributed by atoms with E-state index in [0.717, 1.165) is 0 Å². The molecular formula is C22H20FN3O3. The highest BCUT2D eigenvalue weighted by molar-refractivity contribution is 6.05. The number of nitrogens with zero attached hydrogens (tertiary/aromatic N) is 2. The van der Waals surface area contributed by atoms with E-state index in [9.17, 15) is 18.8 Å². The molecule has 3 aromatic rings. The molecule has 0 radical (unpaired) electrons. The molecule has 0 unspecified atom stereocenters. The summed E-state index contributed by atoms with van der Waals surface area (Å²) in [5.74, 6) is -1.12. The molecule has 0 saturated carbocycles. The van der Waals surface area contributed by atoms with Gasteiger partial charge < -0.3 is 10.2 Å². The standard InChI is InChI=1S/C22H20FN3O3/c1-14-11-12-26(18-9-7-16(23)8-10-18)22(29)20(14)21(28)24-17-5-4-6-19(13-17)25(3)15(2)27/h4-13H,1-3H3,(H,24,28). The van der Waals surface area contributed by atoms with Crippen molar-refractivity contribution >= 4 is 23.2 Å². The number of amides is 2. The van der Waals surface area contributed by atoms with Gasteiger partial charge in [-0.05, 0) is 61.0 Å². The molecule has 0 fully saturated rings. The van der Waals surface area contributed by atoms with Crippen LogP contribution in [0.2, 0.25) is 0 Å². The smallest absolute Gasteiger partial charge is 0.268 e. The molecule has 1 heterocycles. The minimum Gasteiger partial charge on any atom is -0.322 e. The van der Waals surface area contributed by atoms with Gasteiger partial charge in [-0.3, -0.25) is 19.0 Å². The summed E-state index contributed by atoms with van der Waals surface area (Å²) in [6.07, 6.45) is 1.55. The lowest BCUT2D eigenvalue weighted by molar-refractivity contribution is -0.116. The summed E-state index contributed by atoms with van der Waals surface area (Å²) in [4.78, 5) is 38.8. The molecule has 0 saturated heterocycles. The number of carbonyl (C=O) groups is 2. The number of aryl methyl sites for hydroxylation is 1.